The highest BCUT2D eigenvalue weighted by Gasteiger charge is 2.16. The van der Waals surface area contributed by atoms with Gasteiger partial charge in [-0.05, 0) is 38.1 Å². The van der Waals surface area contributed by atoms with Gasteiger partial charge in [-0.15, -0.1) is 20.4 Å². The normalized spacial score (nSPS) is 11.4. The number of rotatable bonds is 8. The Morgan fingerprint density at radius 1 is 1.04 bits per heavy atom. The number of hydrogen-bond donors (Lipinski definition) is 2. The second kappa shape index (κ2) is 8.94. The molecular formula is C15H16N6O3S4. The molecule has 0 unspecified atom stereocenters. The van der Waals surface area contributed by atoms with Crippen molar-refractivity contribution in [1.29, 1.82) is 0 Å². The Morgan fingerprint density at radius 3 is 2.32 bits per heavy atom. The van der Waals surface area contributed by atoms with Gasteiger partial charge in [-0.3, -0.25) is 9.52 Å². The summed E-state index contributed by atoms with van der Waals surface area (Å²) in [5.41, 5.74) is 0.521. The summed E-state index contributed by atoms with van der Waals surface area (Å²) in [5, 5.41) is 19.9. The van der Waals surface area contributed by atoms with Crippen LogP contribution in [0.25, 0.3) is 0 Å². The number of nitrogens with one attached hydrogen (secondary N) is 2. The number of amides is 1. The molecule has 0 saturated heterocycles. The number of hydrogen-bond acceptors (Lipinski definition) is 10. The number of nitrogens with zero attached hydrogens (tertiary/aromatic N) is 4. The van der Waals surface area contributed by atoms with E-state index in [-0.39, 0.29) is 15.9 Å². The molecule has 3 aromatic rings. The summed E-state index contributed by atoms with van der Waals surface area (Å²) < 4.78 is 27.9. The van der Waals surface area contributed by atoms with Crippen LogP contribution in [0.2, 0.25) is 0 Å². The summed E-state index contributed by atoms with van der Waals surface area (Å²) >= 11 is 4.11. The molecule has 0 radical (unpaired) electrons. The van der Waals surface area contributed by atoms with Gasteiger partial charge in [0.2, 0.25) is 11.0 Å². The minimum absolute atomic E-state index is 0.0700. The van der Waals surface area contributed by atoms with Crippen LogP contribution in [-0.4, -0.2) is 40.5 Å². The minimum atomic E-state index is -3.76. The highest BCUT2D eigenvalue weighted by Crippen LogP contribution is 2.23. The molecule has 0 atom stereocenters. The largest absolute Gasteiger partial charge is 0.326 e. The molecule has 9 nitrogen and oxygen atoms in total. The molecule has 2 N–H and O–H groups in total. The van der Waals surface area contributed by atoms with Crippen LogP contribution in [0.3, 0.4) is 0 Å². The van der Waals surface area contributed by atoms with Gasteiger partial charge in [-0.1, -0.05) is 34.4 Å². The molecule has 0 aliphatic heterocycles. The first kappa shape index (κ1) is 20.6. The Hall–Kier alpha value is -2.09. The molecular weight excluding hydrogens is 440 g/mol. The number of carbonyl (C=O) groups excluding carboxylic acids is 1. The average molecular weight is 457 g/mol. The fraction of sp³-hybridized carbons (Fsp3) is 0.267. The zero-order valence-corrected chi connectivity index (χ0v) is 18.1. The second-order valence-corrected chi connectivity index (χ2v) is 10.9. The molecule has 148 valence electrons. The molecule has 28 heavy (non-hydrogen) atoms. The molecule has 0 bridgehead atoms. The number of sulfonamides is 1. The van der Waals surface area contributed by atoms with E-state index in [2.05, 4.69) is 30.4 Å². The van der Waals surface area contributed by atoms with E-state index < -0.39 is 10.0 Å². The van der Waals surface area contributed by atoms with Crippen molar-refractivity contribution in [3.63, 3.8) is 0 Å². The lowest BCUT2D eigenvalue weighted by atomic mass is 10.3. The molecule has 0 saturated carbocycles. The van der Waals surface area contributed by atoms with Crippen LogP contribution < -0.4 is 10.0 Å². The number of carbonyl (C=O) groups is 1. The van der Waals surface area contributed by atoms with E-state index in [4.69, 9.17) is 0 Å². The van der Waals surface area contributed by atoms with E-state index in [1.807, 2.05) is 6.92 Å². The zero-order valence-electron chi connectivity index (χ0n) is 14.9. The van der Waals surface area contributed by atoms with E-state index in [0.29, 0.717) is 22.9 Å². The van der Waals surface area contributed by atoms with E-state index in [9.17, 15) is 13.2 Å². The van der Waals surface area contributed by atoms with Crippen molar-refractivity contribution in [2.45, 2.75) is 29.5 Å². The van der Waals surface area contributed by atoms with Crippen molar-refractivity contribution in [2.75, 3.05) is 15.8 Å². The lowest BCUT2D eigenvalue weighted by Crippen LogP contribution is -2.14. The van der Waals surface area contributed by atoms with Crippen LogP contribution in [0.15, 0.2) is 33.5 Å². The third kappa shape index (κ3) is 5.70. The van der Waals surface area contributed by atoms with Crippen molar-refractivity contribution >= 4 is 61.2 Å². The molecule has 2 aromatic heterocycles. The molecule has 0 fully saturated rings. The SMILES string of the molecule is Cc1nnc(NS(=O)(=O)c2ccc(NC(=O)CCSc3nnc(C)s3)cc2)s1. The maximum absolute atomic E-state index is 12.3. The molecule has 0 spiro atoms. The molecule has 2 heterocycles. The highest BCUT2D eigenvalue weighted by atomic mass is 32.2. The molecule has 0 aliphatic rings. The first-order valence-electron chi connectivity index (χ1n) is 7.97. The predicted octanol–water partition coefficient (Wildman–Crippen LogP) is 2.93. The lowest BCUT2D eigenvalue weighted by molar-refractivity contribution is -0.115. The quantitative estimate of drug-likeness (QED) is 0.495. The van der Waals surface area contributed by atoms with Crippen molar-refractivity contribution < 1.29 is 13.2 Å². The first-order valence-corrected chi connectivity index (χ1v) is 12.1. The maximum atomic E-state index is 12.3. The van der Waals surface area contributed by atoms with Crippen molar-refractivity contribution in [2.24, 2.45) is 0 Å². The van der Waals surface area contributed by atoms with Crippen molar-refractivity contribution in [3.8, 4) is 0 Å². The Bertz CT molecular complexity index is 1060. The monoisotopic (exact) mass is 456 g/mol. The van der Waals surface area contributed by atoms with Gasteiger partial charge in [0.15, 0.2) is 4.34 Å². The number of anilines is 2. The summed E-state index contributed by atoms with van der Waals surface area (Å²) in [6.07, 6.45) is 0.307. The first-order chi connectivity index (χ1) is 13.3. The smallest absolute Gasteiger partial charge is 0.263 e. The fourth-order valence-corrected chi connectivity index (χ4v) is 5.67. The van der Waals surface area contributed by atoms with Gasteiger partial charge in [-0.25, -0.2) is 8.42 Å². The fourth-order valence-electron chi connectivity index (χ4n) is 2.02. The Kier molecular flexibility index (Phi) is 6.59. The number of thioether (sulfide) groups is 1. The van der Waals surface area contributed by atoms with Crippen LogP contribution >= 0.6 is 34.4 Å². The minimum Gasteiger partial charge on any atom is -0.326 e. The van der Waals surface area contributed by atoms with E-state index in [1.54, 1.807) is 19.1 Å². The summed E-state index contributed by atoms with van der Waals surface area (Å²) in [7, 11) is -3.76. The van der Waals surface area contributed by atoms with Gasteiger partial charge in [0.1, 0.15) is 10.0 Å². The summed E-state index contributed by atoms with van der Waals surface area (Å²) in [4.78, 5) is 12.1. The average Bonchev–Trinajstić information content (AvgIpc) is 3.23. The van der Waals surface area contributed by atoms with Crippen LogP contribution in [0.1, 0.15) is 16.4 Å². The van der Waals surface area contributed by atoms with Crippen molar-refractivity contribution in [3.05, 3.63) is 34.3 Å². The van der Waals surface area contributed by atoms with Crippen LogP contribution in [0, 0.1) is 13.8 Å². The second-order valence-electron chi connectivity index (χ2n) is 5.49. The predicted molar refractivity (Wildman–Crippen MR) is 111 cm³/mol. The topological polar surface area (TPSA) is 127 Å². The Morgan fingerprint density at radius 2 is 1.71 bits per heavy atom. The van der Waals surface area contributed by atoms with E-state index >= 15 is 0 Å². The lowest BCUT2D eigenvalue weighted by Gasteiger charge is -2.07. The molecule has 0 aliphatic carbocycles. The molecule has 13 heteroatoms. The van der Waals surface area contributed by atoms with Crippen LogP contribution in [-0.2, 0) is 14.8 Å². The Balaban J connectivity index is 1.52. The van der Waals surface area contributed by atoms with Crippen LogP contribution in [0.5, 0.6) is 0 Å². The third-order valence-electron chi connectivity index (χ3n) is 3.26. The molecule has 1 aromatic carbocycles. The highest BCUT2D eigenvalue weighted by molar-refractivity contribution is 8.01. The zero-order chi connectivity index (χ0) is 20.1. The van der Waals surface area contributed by atoms with Gasteiger partial charge in [0, 0.05) is 17.9 Å². The summed E-state index contributed by atoms with van der Waals surface area (Å²) in [6, 6.07) is 5.92. The summed E-state index contributed by atoms with van der Waals surface area (Å²) in [6.45, 7) is 3.61. The van der Waals surface area contributed by atoms with Gasteiger partial charge < -0.3 is 5.32 Å². The van der Waals surface area contributed by atoms with Gasteiger partial charge in [0.05, 0.1) is 4.90 Å². The number of aromatic nitrogens is 4. The van der Waals surface area contributed by atoms with Gasteiger partial charge in [0.25, 0.3) is 10.0 Å². The third-order valence-corrected chi connectivity index (χ3v) is 7.47. The summed E-state index contributed by atoms with van der Waals surface area (Å²) in [5.74, 6) is 0.421. The molecule has 1 amide bonds. The number of aryl methyl sites for hydroxylation is 2. The van der Waals surface area contributed by atoms with E-state index in [1.165, 1.54) is 35.2 Å². The molecule has 3 rings (SSSR count). The number of benzene rings is 1. The van der Waals surface area contributed by atoms with Crippen molar-refractivity contribution in [1.82, 2.24) is 20.4 Å². The maximum Gasteiger partial charge on any atom is 0.263 e. The van der Waals surface area contributed by atoms with Gasteiger partial charge in [-0.2, -0.15) is 0 Å². The van der Waals surface area contributed by atoms with Crippen LogP contribution in [0.4, 0.5) is 10.8 Å². The van der Waals surface area contributed by atoms with E-state index in [0.717, 1.165) is 20.7 Å². The Labute approximate surface area is 174 Å². The standard InChI is InChI=1S/C15H16N6O3S4/c1-9-17-19-14(26-9)21-28(23,24)12-5-3-11(4-6-12)16-13(22)7-8-25-15-20-18-10(2)27-15/h3-6H,7-8H2,1-2H3,(H,16,22)(H,19,21). The van der Waals surface area contributed by atoms with Gasteiger partial charge >= 0.3 is 0 Å².